The SMILES string of the molecule is CC(CN)C(=O)Nc1cccc(OCC(=O)N(C)C)c1.Cl. The van der Waals surface area contributed by atoms with Gasteiger partial charge in [0.05, 0.1) is 0 Å². The number of nitrogens with zero attached hydrogens (tertiary/aromatic N) is 1. The highest BCUT2D eigenvalue weighted by atomic mass is 35.5. The zero-order valence-corrected chi connectivity index (χ0v) is 13.3. The summed E-state index contributed by atoms with van der Waals surface area (Å²) in [5.41, 5.74) is 6.05. The molecule has 21 heavy (non-hydrogen) atoms. The molecule has 0 aliphatic rings. The molecular weight excluding hydrogens is 294 g/mol. The van der Waals surface area contributed by atoms with Crippen molar-refractivity contribution in [2.45, 2.75) is 6.92 Å². The first-order valence-corrected chi connectivity index (χ1v) is 6.38. The van der Waals surface area contributed by atoms with Crippen molar-refractivity contribution in [2.75, 3.05) is 32.6 Å². The first-order valence-electron chi connectivity index (χ1n) is 6.38. The van der Waals surface area contributed by atoms with E-state index in [1.807, 2.05) is 0 Å². The van der Waals surface area contributed by atoms with Gasteiger partial charge < -0.3 is 20.7 Å². The van der Waals surface area contributed by atoms with Gasteiger partial charge in [-0.2, -0.15) is 0 Å². The number of hydrogen-bond donors (Lipinski definition) is 2. The Morgan fingerprint density at radius 2 is 2.05 bits per heavy atom. The van der Waals surface area contributed by atoms with Crippen LogP contribution in [0.15, 0.2) is 24.3 Å². The summed E-state index contributed by atoms with van der Waals surface area (Å²) < 4.78 is 5.37. The Hall–Kier alpha value is -1.79. The Kier molecular flexibility index (Phi) is 8.42. The molecule has 0 heterocycles. The van der Waals surface area contributed by atoms with Crippen molar-refractivity contribution >= 4 is 29.9 Å². The number of hydrogen-bond acceptors (Lipinski definition) is 4. The maximum atomic E-state index is 11.7. The van der Waals surface area contributed by atoms with E-state index in [0.29, 0.717) is 18.0 Å². The number of nitrogens with one attached hydrogen (secondary N) is 1. The Balaban J connectivity index is 0.00000400. The van der Waals surface area contributed by atoms with E-state index in [2.05, 4.69) is 5.32 Å². The standard InChI is InChI=1S/C14H21N3O3.ClH/c1-10(8-15)14(19)16-11-5-4-6-12(7-11)20-9-13(18)17(2)3;/h4-7,10H,8-9,15H2,1-3H3,(H,16,19);1H. The third-order valence-corrected chi connectivity index (χ3v) is 2.76. The van der Waals surface area contributed by atoms with Crippen molar-refractivity contribution < 1.29 is 14.3 Å². The van der Waals surface area contributed by atoms with Gasteiger partial charge in [-0.05, 0) is 12.1 Å². The van der Waals surface area contributed by atoms with Crippen LogP contribution in [0.1, 0.15) is 6.92 Å². The van der Waals surface area contributed by atoms with Crippen LogP contribution in [0.4, 0.5) is 5.69 Å². The lowest BCUT2D eigenvalue weighted by molar-refractivity contribution is -0.130. The molecule has 0 saturated heterocycles. The molecule has 0 saturated carbocycles. The van der Waals surface area contributed by atoms with Gasteiger partial charge in [-0.1, -0.05) is 13.0 Å². The van der Waals surface area contributed by atoms with Crippen molar-refractivity contribution in [3.05, 3.63) is 24.3 Å². The number of nitrogens with two attached hydrogens (primary N) is 1. The predicted molar refractivity (Wildman–Crippen MR) is 84.7 cm³/mol. The van der Waals surface area contributed by atoms with Crippen molar-refractivity contribution in [3.63, 3.8) is 0 Å². The molecule has 7 heteroatoms. The average molecular weight is 316 g/mol. The molecule has 1 aromatic rings. The lowest BCUT2D eigenvalue weighted by atomic mass is 10.1. The minimum Gasteiger partial charge on any atom is -0.484 e. The molecule has 0 aliphatic heterocycles. The van der Waals surface area contributed by atoms with Crippen LogP contribution in [0, 0.1) is 5.92 Å². The molecule has 0 spiro atoms. The highest BCUT2D eigenvalue weighted by Crippen LogP contribution is 2.18. The molecule has 0 aliphatic carbocycles. The van der Waals surface area contributed by atoms with Crippen LogP contribution in [-0.4, -0.2) is 44.0 Å². The van der Waals surface area contributed by atoms with Gasteiger partial charge in [-0.15, -0.1) is 12.4 Å². The van der Waals surface area contributed by atoms with Crippen LogP contribution in [-0.2, 0) is 9.59 Å². The normalized spacial score (nSPS) is 11.0. The van der Waals surface area contributed by atoms with Crippen LogP contribution in [0.25, 0.3) is 0 Å². The van der Waals surface area contributed by atoms with Crippen molar-refractivity contribution in [3.8, 4) is 5.75 Å². The van der Waals surface area contributed by atoms with E-state index in [0.717, 1.165) is 0 Å². The van der Waals surface area contributed by atoms with Crippen LogP contribution < -0.4 is 15.8 Å². The number of anilines is 1. The van der Waals surface area contributed by atoms with E-state index >= 15 is 0 Å². The number of benzene rings is 1. The molecule has 3 N–H and O–H groups in total. The lowest BCUT2D eigenvalue weighted by Gasteiger charge is -2.13. The number of rotatable bonds is 6. The summed E-state index contributed by atoms with van der Waals surface area (Å²) in [6.07, 6.45) is 0. The largest absolute Gasteiger partial charge is 0.484 e. The molecule has 118 valence electrons. The average Bonchev–Trinajstić information content (AvgIpc) is 2.43. The number of ether oxygens (including phenoxy) is 1. The zero-order valence-electron chi connectivity index (χ0n) is 12.5. The number of likely N-dealkylation sites (N-methyl/N-ethyl adjacent to an activating group) is 1. The molecule has 1 atom stereocenters. The molecule has 6 nitrogen and oxygen atoms in total. The summed E-state index contributed by atoms with van der Waals surface area (Å²) in [5, 5.41) is 2.75. The van der Waals surface area contributed by atoms with Gasteiger partial charge in [0.1, 0.15) is 5.75 Å². The maximum Gasteiger partial charge on any atom is 0.259 e. The van der Waals surface area contributed by atoms with Gasteiger partial charge in [0.15, 0.2) is 6.61 Å². The van der Waals surface area contributed by atoms with Crippen LogP contribution in [0.3, 0.4) is 0 Å². The Bertz CT molecular complexity index is 480. The number of carbonyl (C=O) groups excluding carboxylic acids is 2. The summed E-state index contributed by atoms with van der Waals surface area (Å²) in [6, 6.07) is 6.90. The quantitative estimate of drug-likeness (QED) is 0.823. The summed E-state index contributed by atoms with van der Waals surface area (Å²) in [7, 11) is 3.33. The molecule has 1 rings (SSSR count). The van der Waals surface area contributed by atoms with Crippen LogP contribution >= 0.6 is 12.4 Å². The van der Waals surface area contributed by atoms with E-state index in [1.165, 1.54) is 4.90 Å². The summed E-state index contributed by atoms with van der Waals surface area (Å²) >= 11 is 0. The second-order valence-corrected chi connectivity index (χ2v) is 4.73. The lowest BCUT2D eigenvalue weighted by Crippen LogP contribution is -2.27. The maximum absolute atomic E-state index is 11.7. The monoisotopic (exact) mass is 315 g/mol. The fraction of sp³-hybridized carbons (Fsp3) is 0.429. The van der Waals surface area contributed by atoms with Gasteiger partial charge >= 0.3 is 0 Å². The van der Waals surface area contributed by atoms with E-state index in [1.54, 1.807) is 45.3 Å². The summed E-state index contributed by atoms with van der Waals surface area (Å²) in [6.45, 7) is 2.01. The topological polar surface area (TPSA) is 84.7 Å². The number of amides is 2. The minimum absolute atomic E-state index is 0. The Morgan fingerprint density at radius 3 is 2.62 bits per heavy atom. The molecule has 0 aromatic heterocycles. The van der Waals surface area contributed by atoms with E-state index < -0.39 is 0 Å². The van der Waals surface area contributed by atoms with Gasteiger partial charge in [-0.25, -0.2) is 0 Å². The molecule has 0 radical (unpaired) electrons. The van der Waals surface area contributed by atoms with Crippen molar-refractivity contribution in [2.24, 2.45) is 11.7 Å². The van der Waals surface area contributed by atoms with Gasteiger partial charge in [-0.3, -0.25) is 9.59 Å². The molecule has 1 unspecified atom stereocenters. The molecule has 0 fully saturated rings. The van der Waals surface area contributed by atoms with Crippen LogP contribution in [0.2, 0.25) is 0 Å². The third kappa shape index (κ3) is 6.46. The first kappa shape index (κ1) is 19.2. The second kappa shape index (κ2) is 9.20. The third-order valence-electron chi connectivity index (χ3n) is 2.76. The first-order chi connectivity index (χ1) is 9.43. The van der Waals surface area contributed by atoms with Gasteiger partial charge in [0.2, 0.25) is 5.91 Å². The Labute approximate surface area is 131 Å². The molecule has 1 aromatic carbocycles. The van der Waals surface area contributed by atoms with Crippen LogP contribution in [0.5, 0.6) is 5.75 Å². The molecule has 0 bridgehead atoms. The zero-order chi connectivity index (χ0) is 15.1. The fourth-order valence-electron chi connectivity index (χ4n) is 1.31. The van der Waals surface area contributed by atoms with E-state index in [4.69, 9.17) is 10.5 Å². The summed E-state index contributed by atoms with van der Waals surface area (Å²) in [4.78, 5) is 24.6. The van der Waals surface area contributed by atoms with E-state index in [-0.39, 0.29) is 36.7 Å². The highest BCUT2D eigenvalue weighted by Gasteiger charge is 2.11. The fourth-order valence-corrected chi connectivity index (χ4v) is 1.31. The van der Waals surface area contributed by atoms with Gasteiger partial charge in [0, 0.05) is 38.3 Å². The molecule has 2 amide bonds. The smallest absolute Gasteiger partial charge is 0.259 e. The van der Waals surface area contributed by atoms with Crippen molar-refractivity contribution in [1.82, 2.24) is 4.90 Å². The predicted octanol–water partition coefficient (Wildman–Crippen LogP) is 1.11. The van der Waals surface area contributed by atoms with E-state index in [9.17, 15) is 9.59 Å². The molecular formula is C14H22ClN3O3. The summed E-state index contributed by atoms with van der Waals surface area (Å²) in [5.74, 6) is -0.00138. The Morgan fingerprint density at radius 1 is 1.38 bits per heavy atom. The van der Waals surface area contributed by atoms with Gasteiger partial charge in [0.25, 0.3) is 5.91 Å². The van der Waals surface area contributed by atoms with Crippen molar-refractivity contribution in [1.29, 1.82) is 0 Å². The number of halogens is 1. The highest BCUT2D eigenvalue weighted by molar-refractivity contribution is 5.92. The minimum atomic E-state index is -0.255. The second-order valence-electron chi connectivity index (χ2n) is 4.73. The number of carbonyl (C=O) groups is 2.